The number of carbonyl (C=O) groups is 1. The van der Waals surface area contributed by atoms with Crippen LogP contribution >= 0.6 is 11.3 Å². The number of hydrogen-bond acceptors (Lipinski definition) is 4. The highest BCUT2D eigenvalue weighted by molar-refractivity contribution is 7.91. The van der Waals surface area contributed by atoms with Crippen LogP contribution in [0.15, 0.2) is 16.3 Å². The third-order valence-electron chi connectivity index (χ3n) is 4.06. The van der Waals surface area contributed by atoms with Crippen molar-refractivity contribution in [1.82, 2.24) is 4.31 Å². The van der Waals surface area contributed by atoms with Crippen molar-refractivity contribution in [3.63, 3.8) is 0 Å². The van der Waals surface area contributed by atoms with E-state index in [1.807, 2.05) is 0 Å². The Hall–Kier alpha value is -0.920. The smallest absolute Gasteiger partial charge is 0.345 e. The molecule has 1 N–H and O–H groups in total. The Balaban J connectivity index is 2.17. The van der Waals surface area contributed by atoms with E-state index in [1.165, 1.54) is 16.4 Å². The monoisotopic (exact) mass is 331 g/mol. The number of carboxylic acid groups (broad SMARTS) is 1. The van der Waals surface area contributed by atoms with Crippen molar-refractivity contribution in [2.24, 2.45) is 11.8 Å². The van der Waals surface area contributed by atoms with Crippen LogP contribution in [0.25, 0.3) is 0 Å². The Morgan fingerprint density at radius 2 is 2.05 bits per heavy atom. The second kappa shape index (κ2) is 6.46. The average molecular weight is 331 g/mol. The second-order valence-electron chi connectivity index (χ2n) is 5.76. The Kier molecular flexibility index (Phi) is 5.06. The molecule has 5 nitrogen and oxygen atoms in total. The molecule has 1 aromatic rings. The van der Waals surface area contributed by atoms with E-state index in [9.17, 15) is 13.2 Å². The summed E-state index contributed by atoms with van der Waals surface area (Å²) in [5, 5.41) is 8.92. The molecule has 0 spiro atoms. The van der Waals surface area contributed by atoms with Crippen LogP contribution in [0, 0.1) is 11.8 Å². The first-order valence-corrected chi connectivity index (χ1v) is 9.41. The van der Waals surface area contributed by atoms with Crippen LogP contribution in [0.2, 0.25) is 0 Å². The standard InChI is InChI=1S/C14H21NO4S2/c1-10(2)11-4-3-8-15(9-7-11)21(18,19)13-6-5-12(20-13)14(16)17/h5-6,10-11H,3-4,7-9H2,1-2H3,(H,16,17). The molecule has 118 valence electrons. The molecule has 1 aromatic heterocycles. The zero-order chi connectivity index (χ0) is 15.6. The van der Waals surface area contributed by atoms with Gasteiger partial charge in [-0.3, -0.25) is 0 Å². The van der Waals surface area contributed by atoms with Gasteiger partial charge in [0.25, 0.3) is 10.0 Å². The highest BCUT2D eigenvalue weighted by Gasteiger charge is 2.30. The van der Waals surface area contributed by atoms with Crippen molar-refractivity contribution in [2.75, 3.05) is 13.1 Å². The first-order chi connectivity index (χ1) is 9.82. The van der Waals surface area contributed by atoms with Gasteiger partial charge in [-0.2, -0.15) is 4.31 Å². The third-order valence-corrected chi connectivity index (χ3v) is 7.50. The van der Waals surface area contributed by atoms with E-state index in [4.69, 9.17) is 5.11 Å². The van der Waals surface area contributed by atoms with Crippen LogP contribution < -0.4 is 0 Å². The number of nitrogens with zero attached hydrogens (tertiary/aromatic N) is 1. The highest BCUT2D eigenvalue weighted by atomic mass is 32.2. The number of rotatable bonds is 4. The van der Waals surface area contributed by atoms with Gasteiger partial charge in [0.1, 0.15) is 9.09 Å². The van der Waals surface area contributed by atoms with Gasteiger partial charge < -0.3 is 5.11 Å². The number of sulfonamides is 1. The molecule has 2 rings (SSSR count). The summed E-state index contributed by atoms with van der Waals surface area (Å²) in [6.07, 6.45) is 2.78. The number of hydrogen-bond donors (Lipinski definition) is 1. The minimum atomic E-state index is -3.56. The van der Waals surface area contributed by atoms with Gasteiger partial charge in [-0.25, -0.2) is 13.2 Å². The molecule has 0 bridgehead atoms. The van der Waals surface area contributed by atoms with Crippen molar-refractivity contribution in [3.05, 3.63) is 17.0 Å². The summed E-state index contributed by atoms with van der Waals surface area (Å²) < 4.78 is 26.8. The normalized spacial score (nSPS) is 21.4. The van der Waals surface area contributed by atoms with Gasteiger partial charge >= 0.3 is 5.97 Å². The molecule has 2 heterocycles. The number of carboxylic acids is 1. The summed E-state index contributed by atoms with van der Waals surface area (Å²) in [5.41, 5.74) is 0. The molecule has 1 aliphatic rings. The maximum absolute atomic E-state index is 12.6. The van der Waals surface area contributed by atoms with Gasteiger partial charge in [-0.15, -0.1) is 11.3 Å². The predicted molar refractivity (Wildman–Crippen MR) is 82.2 cm³/mol. The van der Waals surface area contributed by atoms with E-state index in [-0.39, 0.29) is 9.09 Å². The lowest BCUT2D eigenvalue weighted by Gasteiger charge is -2.20. The summed E-state index contributed by atoms with van der Waals surface area (Å²) in [6.45, 7) is 5.39. The molecule has 1 unspecified atom stereocenters. The molecule has 0 aliphatic carbocycles. The lowest BCUT2D eigenvalue weighted by molar-refractivity contribution is 0.0702. The van der Waals surface area contributed by atoms with Crippen molar-refractivity contribution >= 4 is 27.3 Å². The fourth-order valence-corrected chi connectivity index (χ4v) is 5.50. The Labute approximate surface area is 129 Å². The van der Waals surface area contributed by atoms with Crippen molar-refractivity contribution < 1.29 is 18.3 Å². The molecule has 0 radical (unpaired) electrons. The fourth-order valence-electron chi connectivity index (χ4n) is 2.70. The molecule has 0 aromatic carbocycles. The molecule has 1 fully saturated rings. The van der Waals surface area contributed by atoms with Gasteiger partial charge in [0.05, 0.1) is 0 Å². The van der Waals surface area contributed by atoms with E-state index >= 15 is 0 Å². The highest BCUT2D eigenvalue weighted by Crippen LogP contribution is 2.30. The SMILES string of the molecule is CC(C)C1CCCN(S(=O)(=O)c2ccc(C(=O)O)s2)CC1. The van der Waals surface area contributed by atoms with Gasteiger partial charge in [0.15, 0.2) is 0 Å². The Morgan fingerprint density at radius 3 is 2.62 bits per heavy atom. The average Bonchev–Trinajstić information content (AvgIpc) is 2.77. The zero-order valence-corrected chi connectivity index (χ0v) is 13.9. The third kappa shape index (κ3) is 3.64. The summed E-state index contributed by atoms with van der Waals surface area (Å²) in [4.78, 5) is 11.0. The maximum Gasteiger partial charge on any atom is 0.345 e. The largest absolute Gasteiger partial charge is 0.477 e. The summed E-state index contributed by atoms with van der Waals surface area (Å²) in [6, 6.07) is 2.75. The van der Waals surface area contributed by atoms with E-state index < -0.39 is 16.0 Å². The van der Waals surface area contributed by atoms with E-state index in [1.54, 1.807) is 0 Å². The Morgan fingerprint density at radius 1 is 1.33 bits per heavy atom. The lowest BCUT2D eigenvalue weighted by atomic mass is 9.89. The molecule has 7 heteroatoms. The molecule has 1 saturated heterocycles. The first kappa shape index (κ1) is 16.5. The van der Waals surface area contributed by atoms with Crippen LogP contribution in [0.1, 0.15) is 42.8 Å². The molecule has 0 saturated carbocycles. The van der Waals surface area contributed by atoms with Gasteiger partial charge in [-0.1, -0.05) is 13.8 Å². The van der Waals surface area contributed by atoms with Crippen molar-refractivity contribution in [1.29, 1.82) is 0 Å². The first-order valence-electron chi connectivity index (χ1n) is 7.15. The summed E-state index contributed by atoms with van der Waals surface area (Å²) in [7, 11) is -3.56. The maximum atomic E-state index is 12.6. The lowest BCUT2D eigenvalue weighted by Crippen LogP contribution is -2.31. The molecule has 21 heavy (non-hydrogen) atoms. The predicted octanol–water partition coefficient (Wildman–Crippen LogP) is 2.89. The quantitative estimate of drug-likeness (QED) is 0.920. The minimum Gasteiger partial charge on any atom is -0.477 e. The second-order valence-corrected chi connectivity index (χ2v) is 9.01. The van der Waals surface area contributed by atoms with E-state index in [0.29, 0.717) is 24.9 Å². The summed E-state index contributed by atoms with van der Waals surface area (Å²) in [5.74, 6) is 0.0355. The zero-order valence-electron chi connectivity index (χ0n) is 12.3. The van der Waals surface area contributed by atoms with E-state index in [0.717, 1.165) is 30.6 Å². The van der Waals surface area contributed by atoms with Gasteiger partial charge in [0.2, 0.25) is 0 Å². The van der Waals surface area contributed by atoms with Gasteiger partial charge in [0, 0.05) is 13.1 Å². The van der Waals surface area contributed by atoms with Crippen LogP contribution in [0.3, 0.4) is 0 Å². The van der Waals surface area contributed by atoms with Gasteiger partial charge in [-0.05, 0) is 43.2 Å². The molecule has 1 aliphatic heterocycles. The number of aromatic carboxylic acids is 1. The molecular formula is C14H21NO4S2. The van der Waals surface area contributed by atoms with E-state index in [2.05, 4.69) is 13.8 Å². The molecule has 1 atom stereocenters. The van der Waals surface area contributed by atoms with Crippen LogP contribution in [-0.4, -0.2) is 36.9 Å². The van der Waals surface area contributed by atoms with Crippen LogP contribution in [-0.2, 0) is 10.0 Å². The van der Waals surface area contributed by atoms with Crippen LogP contribution in [0.5, 0.6) is 0 Å². The van der Waals surface area contributed by atoms with Crippen molar-refractivity contribution in [2.45, 2.75) is 37.3 Å². The topological polar surface area (TPSA) is 74.7 Å². The molecule has 0 amide bonds. The molecular weight excluding hydrogens is 310 g/mol. The van der Waals surface area contributed by atoms with Crippen LogP contribution in [0.4, 0.5) is 0 Å². The Bertz CT molecular complexity index is 606. The number of thiophene rings is 1. The van der Waals surface area contributed by atoms with Crippen molar-refractivity contribution in [3.8, 4) is 0 Å². The minimum absolute atomic E-state index is 0.0588. The summed E-state index contributed by atoms with van der Waals surface area (Å²) >= 11 is 0.826. The fraction of sp³-hybridized carbons (Fsp3) is 0.643.